The van der Waals surface area contributed by atoms with E-state index in [1.54, 1.807) is 60.7 Å². The number of nitrogens with one attached hydrogen (secondary N) is 2. The van der Waals surface area contributed by atoms with E-state index in [0.29, 0.717) is 22.4 Å². The Balaban J connectivity index is 1.32. The van der Waals surface area contributed by atoms with E-state index in [-0.39, 0.29) is 69.7 Å². The molecule has 5 aromatic rings. The van der Waals surface area contributed by atoms with Crippen LogP contribution in [0.1, 0.15) is 52.8 Å². The van der Waals surface area contributed by atoms with Crippen LogP contribution < -0.4 is 10.6 Å². The number of aliphatic imine (C=N–C) groups is 2. The molecule has 3 aliphatic rings. The van der Waals surface area contributed by atoms with Crippen LogP contribution in [-0.4, -0.2) is 58.6 Å². The fraction of sp³-hybridized carbons (Fsp3) is 0.0556. The fourth-order valence-electron chi connectivity index (χ4n) is 5.88. The summed E-state index contributed by atoms with van der Waals surface area (Å²) in [5, 5.41) is 7.79. The van der Waals surface area contributed by atoms with Gasteiger partial charge in [0, 0.05) is 46.1 Å². The third kappa shape index (κ3) is 4.34. The molecule has 0 amide bonds. The minimum atomic E-state index is -0.405. The van der Waals surface area contributed by atoms with E-state index in [1.165, 1.54) is 12.4 Å². The first kappa shape index (κ1) is 27.2. The van der Waals surface area contributed by atoms with Gasteiger partial charge in [-0.15, -0.1) is 0 Å². The summed E-state index contributed by atoms with van der Waals surface area (Å²) in [4.78, 5) is 73.1. The summed E-state index contributed by atoms with van der Waals surface area (Å²) in [6.45, 7) is 0.240. The predicted molar refractivity (Wildman–Crippen MR) is 172 cm³/mol. The molecule has 0 atom stereocenters. The monoisotopic (exact) mass is 602 g/mol. The van der Waals surface area contributed by atoms with Gasteiger partial charge in [-0.3, -0.25) is 19.2 Å². The largest absolute Gasteiger partial charge is 0.378 e. The van der Waals surface area contributed by atoms with E-state index in [2.05, 4.69) is 20.6 Å². The molecule has 1 aliphatic heterocycles. The van der Waals surface area contributed by atoms with Crippen molar-refractivity contribution in [1.29, 1.82) is 0 Å². The zero-order chi connectivity index (χ0) is 31.4. The van der Waals surface area contributed by atoms with Crippen molar-refractivity contribution in [2.24, 2.45) is 9.98 Å². The lowest BCUT2D eigenvalue weighted by Gasteiger charge is -2.22. The number of carbonyl (C=O) groups is 4. The molecule has 0 fully saturated rings. The molecular formula is C36H22N6O4. The Labute approximate surface area is 261 Å². The van der Waals surface area contributed by atoms with Gasteiger partial charge in [0.1, 0.15) is 22.8 Å². The molecule has 0 saturated carbocycles. The lowest BCUT2D eigenvalue weighted by atomic mass is 9.90. The Morgan fingerprint density at radius 1 is 0.457 bits per heavy atom. The van der Waals surface area contributed by atoms with Gasteiger partial charge in [-0.05, 0) is 12.1 Å². The van der Waals surface area contributed by atoms with E-state index in [1.807, 2.05) is 24.3 Å². The third-order valence-electron chi connectivity index (χ3n) is 8.13. The predicted octanol–water partition coefficient (Wildman–Crippen LogP) is 4.40. The molecule has 0 unspecified atom stereocenters. The molecule has 3 aromatic carbocycles. The van der Waals surface area contributed by atoms with Gasteiger partial charge in [-0.1, -0.05) is 72.8 Å². The zero-order valence-corrected chi connectivity index (χ0v) is 24.1. The van der Waals surface area contributed by atoms with Crippen LogP contribution in [0.2, 0.25) is 0 Å². The molecule has 2 aromatic heterocycles. The first-order valence-electron chi connectivity index (χ1n) is 14.6. The Hall–Kier alpha value is -6.42. The quantitative estimate of drug-likeness (QED) is 0.249. The van der Waals surface area contributed by atoms with E-state index < -0.39 is 11.6 Å². The zero-order valence-electron chi connectivity index (χ0n) is 24.1. The van der Waals surface area contributed by atoms with Gasteiger partial charge >= 0.3 is 0 Å². The van der Waals surface area contributed by atoms with Crippen LogP contribution in [0.3, 0.4) is 0 Å². The number of allylic oxidation sites excluding steroid dienone is 4. The van der Waals surface area contributed by atoms with Crippen LogP contribution in [0.5, 0.6) is 0 Å². The summed E-state index contributed by atoms with van der Waals surface area (Å²) >= 11 is 0. The fourth-order valence-corrected chi connectivity index (χ4v) is 5.88. The first-order chi connectivity index (χ1) is 22.5. The van der Waals surface area contributed by atoms with Crippen molar-refractivity contribution in [3.05, 3.63) is 141 Å². The van der Waals surface area contributed by atoms with Crippen LogP contribution in [0.4, 0.5) is 0 Å². The van der Waals surface area contributed by atoms with Crippen molar-refractivity contribution in [3.8, 4) is 0 Å². The SMILES string of the molecule is O=C1C2=C(NCCNC3=C(N=Cc4ccc5ccc6ccc(nc6c5n4)C=N2)C(=O)c2ccccc2C3=O)C(=O)c2ccccc21. The van der Waals surface area contributed by atoms with Crippen molar-refractivity contribution in [3.63, 3.8) is 0 Å². The van der Waals surface area contributed by atoms with Crippen LogP contribution in [0.15, 0.2) is 118 Å². The van der Waals surface area contributed by atoms with Crippen molar-refractivity contribution < 1.29 is 19.2 Å². The van der Waals surface area contributed by atoms with E-state index in [9.17, 15) is 19.2 Å². The van der Waals surface area contributed by atoms with Gasteiger partial charge in [-0.25, -0.2) is 20.0 Å². The molecule has 4 bridgehead atoms. The number of benzene rings is 3. The topological polar surface area (TPSA) is 143 Å². The first-order valence-corrected chi connectivity index (χ1v) is 14.6. The molecule has 46 heavy (non-hydrogen) atoms. The Kier molecular flexibility index (Phi) is 6.28. The summed E-state index contributed by atoms with van der Waals surface area (Å²) in [5.74, 6) is -1.57. The second-order valence-electron chi connectivity index (χ2n) is 10.9. The Morgan fingerprint density at radius 2 is 0.826 bits per heavy atom. The molecule has 220 valence electrons. The number of ketones is 4. The van der Waals surface area contributed by atoms with E-state index in [4.69, 9.17) is 9.97 Å². The smallest absolute Gasteiger partial charge is 0.214 e. The van der Waals surface area contributed by atoms with Crippen LogP contribution in [0.25, 0.3) is 21.8 Å². The molecule has 2 aliphatic carbocycles. The standard InChI is InChI=1S/C36H22N6O4/c43-33-23-5-1-3-7-25(23)35(45)31-29(33)37-15-16-38-30-32(36(46)26-8-4-2-6-24(26)34(30)44)40-18-22-14-12-20-10-9-19-11-13-21(17-39-31)41-27(19)28(20)42-22/h1-14,17-18,37-38H,15-16H2. The second kappa shape index (κ2) is 10.6. The van der Waals surface area contributed by atoms with Gasteiger partial charge in [0.25, 0.3) is 0 Å². The maximum atomic E-state index is 13.6. The number of rotatable bonds is 0. The van der Waals surface area contributed by atoms with E-state index in [0.717, 1.165) is 10.8 Å². The number of carbonyl (C=O) groups excluding carboxylic acids is 4. The summed E-state index contributed by atoms with van der Waals surface area (Å²) in [5.41, 5.74) is 3.16. The third-order valence-corrected chi connectivity index (χ3v) is 8.13. The molecule has 10 nitrogen and oxygen atoms in total. The minimum absolute atomic E-state index is 0.0315. The number of hydrogen-bond donors (Lipinski definition) is 2. The molecule has 0 saturated heterocycles. The van der Waals surface area contributed by atoms with Crippen LogP contribution in [0, 0.1) is 0 Å². The van der Waals surface area contributed by atoms with E-state index >= 15 is 0 Å². The van der Waals surface area contributed by atoms with Crippen molar-refractivity contribution in [2.75, 3.05) is 13.1 Å². The number of hydrogen-bond acceptors (Lipinski definition) is 10. The van der Waals surface area contributed by atoms with Gasteiger partial charge in [0.15, 0.2) is 0 Å². The normalized spacial score (nSPS) is 16.3. The highest BCUT2D eigenvalue weighted by Crippen LogP contribution is 2.28. The second-order valence-corrected chi connectivity index (χ2v) is 10.9. The maximum Gasteiger partial charge on any atom is 0.214 e. The summed E-state index contributed by atoms with van der Waals surface area (Å²) < 4.78 is 0. The van der Waals surface area contributed by atoms with Crippen molar-refractivity contribution >= 4 is 57.4 Å². The summed E-state index contributed by atoms with van der Waals surface area (Å²) in [6, 6.07) is 24.4. The number of nitrogens with zero attached hydrogens (tertiary/aromatic N) is 4. The molecule has 0 radical (unpaired) electrons. The van der Waals surface area contributed by atoms with Gasteiger partial charge < -0.3 is 10.6 Å². The van der Waals surface area contributed by atoms with Gasteiger partial charge in [0.05, 0.1) is 34.9 Å². The maximum absolute atomic E-state index is 13.6. The highest BCUT2D eigenvalue weighted by Gasteiger charge is 2.33. The molecule has 2 N–H and O–H groups in total. The number of aromatic nitrogens is 2. The lowest BCUT2D eigenvalue weighted by molar-refractivity contribution is 0.0965. The van der Waals surface area contributed by atoms with Gasteiger partial charge in [-0.2, -0.15) is 0 Å². The van der Waals surface area contributed by atoms with Crippen LogP contribution >= 0.6 is 0 Å². The molecule has 0 spiro atoms. The number of pyridine rings is 2. The Morgan fingerprint density at radius 3 is 1.24 bits per heavy atom. The lowest BCUT2D eigenvalue weighted by Crippen LogP contribution is -2.36. The summed E-state index contributed by atoms with van der Waals surface area (Å²) in [7, 11) is 0. The number of fused-ring (bicyclic) bond motifs is 4. The van der Waals surface area contributed by atoms with Crippen LogP contribution in [-0.2, 0) is 0 Å². The average molecular weight is 603 g/mol. The highest BCUT2D eigenvalue weighted by molar-refractivity contribution is 6.28. The Bertz CT molecular complexity index is 2190. The van der Waals surface area contributed by atoms with Crippen molar-refractivity contribution in [2.45, 2.75) is 0 Å². The molecular weight excluding hydrogens is 580 g/mol. The van der Waals surface area contributed by atoms with Gasteiger partial charge in [0.2, 0.25) is 23.1 Å². The average Bonchev–Trinajstić information content (AvgIpc) is 3.09. The summed E-state index contributed by atoms with van der Waals surface area (Å²) in [6.07, 6.45) is 2.92. The molecule has 3 heterocycles. The number of Topliss-reactive ketones (excluding diaryl/α,β-unsaturated/α-hetero) is 4. The van der Waals surface area contributed by atoms with Crippen molar-refractivity contribution in [1.82, 2.24) is 20.6 Å². The minimum Gasteiger partial charge on any atom is -0.378 e. The molecule has 10 heteroatoms. The molecule has 8 rings (SSSR count). The highest BCUT2D eigenvalue weighted by atomic mass is 16.1.